The second-order valence-electron chi connectivity index (χ2n) is 9.51. The fourth-order valence-electron chi connectivity index (χ4n) is 5.56. The lowest BCUT2D eigenvalue weighted by Gasteiger charge is -2.42. The van der Waals surface area contributed by atoms with Gasteiger partial charge >= 0.3 is 0 Å². The second-order valence-corrected chi connectivity index (χ2v) is 10.7. The Morgan fingerprint density at radius 1 is 1.06 bits per heavy atom. The third-order valence-electron chi connectivity index (χ3n) is 7.47. The number of carbonyl (C=O) groups is 1. The molecule has 3 heterocycles. The van der Waals surface area contributed by atoms with Gasteiger partial charge in [0, 0.05) is 80.8 Å². The van der Waals surface area contributed by atoms with Crippen molar-refractivity contribution < 1.29 is 4.79 Å². The molecule has 0 N–H and O–H groups in total. The molecule has 0 bridgehead atoms. The van der Waals surface area contributed by atoms with Crippen LogP contribution in [-0.2, 0) is 19.9 Å². The molecule has 0 spiro atoms. The maximum Gasteiger partial charge on any atom is 0.274 e. The fourth-order valence-corrected chi connectivity index (χ4v) is 6.46. The first-order valence-corrected chi connectivity index (χ1v) is 13.1. The Labute approximate surface area is 195 Å². The number of benzene rings is 1. The minimum Gasteiger partial charge on any atom is -0.369 e. The number of thioether (sulfide) groups is 1. The number of aryl methyl sites for hydroxylation is 3. The number of rotatable bonds is 3. The molecule has 6 nitrogen and oxygen atoms in total. The van der Waals surface area contributed by atoms with E-state index in [0.717, 1.165) is 70.0 Å². The normalized spacial score (nSPS) is 22.2. The van der Waals surface area contributed by atoms with Gasteiger partial charge in [-0.15, -0.1) is 0 Å². The maximum atomic E-state index is 13.2. The van der Waals surface area contributed by atoms with Crippen LogP contribution in [0.1, 0.15) is 39.3 Å². The lowest BCUT2D eigenvalue weighted by atomic mass is 9.89. The van der Waals surface area contributed by atoms with E-state index in [1.54, 1.807) is 0 Å². The zero-order valence-electron chi connectivity index (χ0n) is 19.6. The lowest BCUT2D eigenvalue weighted by molar-refractivity contribution is 0.0763. The molecule has 1 amide bonds. The fraction of sp³-hybridized carbons (Fsp3) is 0.600. The van der Waals surface area contributed by atoms with Crippen molar-refractivity contribution in [2.45, 2.75) is 39.2 Å². The van der Waals surface area contributed by atoms with E-state index in [1.165, 1.54) is 28.1 Å². The van der Waals surface area contributed by atoms with Crippen molar-refractivity contribution in [1.82, 2.24) is 19.6 Å². The van der Waals surface area contributed by atoms with Gasteiger partial charge in [-0.3, -0.25) is 14.4 Å². The minimum absolute atomic E-state index is 0.141. The third kappa shape index (κ3) is 4.17. The van der Waals surface area contributed by atoms with E-state index in [1.807, 2.05) is 28.4 Å². The summed E-state index contributed by atoms with van der Waals surface area (Å²) in [5.74, 6) is 2.21. The number of hydrogen-bond donors (Lipinski definition) is 0. The molecule has 0 saturated carbocycles. The summed E-state index contributed by atoms with van der Waals surface area (Å²) in [6, 6.07) is 7.27. The van der Waals surface area contributed by atoms with Crippen LogP contribution in [-0.4, -0.2) is 82.3 Å². The van der Waals surface area contributed by atoms with Crippen LogP contribution in [0.3, 0.4) is 0 Å². The van der Waals surface area contributed by atoms with Gasteiger partial charge in [0.2, 0.25) is 0 Å². The summed E-state index contributed by atoms with van der Waals surface area (Å²) in [7, 11) is 2.00. The van der Waals surface area contributed by atoms with E-state index in [9.17, 15) is 4.79 Å². The highest BCUT2D eigenvalue weighted by Gasteiger charge is 2.34. The average molecular weight is 454 g/mol. The minimum atomic E-state index is 0.141. The number of hydrogen-bond acceptors (Lipinski definition) is 5. The molecule has 1 unspecified atom stereocenters. The summed E-state index contributed by atoms with van der Waals surface area (Å²) in [5, 5.41) is 4.71. The molecule has 1 aliphatic carbocycles. The van der Waals surface area contributed by atoms with Crippen LogP contribution in [0.15, 0.2) is 18.2 Å². The molecule has 0 radical (unpaired) electrons. The highest BCUT2D eigenvalue weighted by atomic mass is 32.2. The highest BCUT2D eigenvalue weighted by Crippen LogP contribution is 2.30. The van der Waals surface area contributed by atoms with Crippen molar-refractivity contribution in [3.8, 4) is 0 Å². The Morgan fingerprint density at radius 3 is 2.56 bits per heavy atom. The van der Waals surface area contributed by atoms with Gasteiger partial charge in [0.25, 0.3) is 5.91 Å². The van der Waals surface area contributed by atoms with Crippen molar-refractivity contribution in [2.75, 3.05) is 55.7 Å². The summed E-state index contributed by atoms with van der Waals surface area (Å²) >= 11 is 1.93. The maximum absolute atomic E-state index is 13.2. The van der Waals surface area contributed by atoms with Gasteiger partial charge in [0.1, 0.15) is 0 Å². The molecular weight excluding hydrogens is 418 g/mol. The van der Waals surface area contributed by atoms with Crippen molar-refractivity contribution in [2.24, 2.45) is 7.05 Å². The van der Waals surface area contributed by atoms with Crippen LogP contribution >= 0.6 is 11.8 Å². The molecule has 1 atom stereocenters. The largest absolute Gasteiger partial charge is 0.369 e. The molecular formula is C25H35N5OS. The van der Waals surface area contributed by atoms with Crippen molar-refractivity contribution in [3.63, 3.8) is 0 Å². The van der Waals surface area contributed by atoms with E-state index in [2.05, 4.69) is 41.8 Å². The number of piperazine rings is 1. The number of nitrogens with zero attached hydrogens (tertiary/aromatic N) is 5. The Hall–Kier alpha value is -1.99. The molecule has 32 heavy (non-hydrogen) atoms. The Balaban J connectivity index is 1.28. The van der Waals surface area contributed by atoms with Crippen LogP contribution in [0.25, 0.3) is 0 Å². The number of carbonyl (C=O) groups excluding carboxylic acids is 1. The summed E-state index contributed by atoms with van der Waals surface area (Å²) in [5.41, 5.74) is 7.27. The molecule has 3 aliphatic rings. The molecule has 1 aromatic carbocycles. The second kappa shape index (κ2) is 9.10. The van der Waals surface area contributed by atoms with E-state index < -0.39 is 0 Å². The van der Waals surface area contributed by atoms with Gasteiger partial charge < -0.3 is 9.80 Å². The summed E-state index contributed by atoms with van der Waals surface area (Å²) in [4.78, 5) is 20.5. The highest BCUT2D eigenvalue weighted by molar-refractivity contribution is 7.99. The summed E-state index contributed by atoms with van der Waals surface area (Å²) in [6.45, 7) is 10.4. The monoisotopic (exact) mass is 453 g/mol. The topological polar surface area (TPSA) is 44.6 Å². The number of aromatic nitrogens is 2. The van der Waals surface area contributed by atoms with Gasteiger partial charge in [-0.2, -0.15) is 16.9 Å². The quantitative estimate of drug-likeness (QED) is 0.715. The summed E-state index contributed by atoms with van der Waals surface area (Å²) in [6.07, 6.45) is 3.13. The van der Waals surface area contributed by atoms with E-state index >= 15 is 0 Å². The molecule has 2 saturated heterocycles. The van der Waals surface area contributed by atoms with Crippen LogP contribution < -0.4 is 4.90 Å². The van der Waals surface area contributed by atoms with Crippen LogP contribution in [0.2, 0.25) is 0 Å². The first kappa shape index (κ1) is 21.8. The molecule has 7 heteroatoms. The predicted octanol–water partition coefficient (Wildman–Crippen LogP) is 2.91. The Kier molecular flexibility index (Phi) is 6.21. The number of fused-ring (bicyclic) bond motifs is 1. The third-order valence-corrected chi connectivity index (χ3v) is 8.41. The SMILES string of the molecule is Cc1ccc(C)c(N2CCN(C3CCc4c(c(C(=O)N5CCSCC5)nn4C)C3)CC2)c1. The Morgan fingerprint density at radius 2 is 1.81 bits per heavy atom. The number of amides is 1. The molecule has 2 aromatic rings. The molecule has 1 aromatic heterocycles. The number of anilines is 1. The summed E-state index contributed by atoms with van der Waals surface area (Å²) < 4.78 is 1.97. The lowest BCUT2D eigenvalue weighted by Crippen LogP contribution is -2.52. The predicted molar refractivity (Wildman–Crippen MR) is 132 cm³/mol. The van der Waals surface area contributed by atoms with E-state index in [4.69, 9.17) is 5.10 Å². The van der Waals surface area contributed by atoms with Crippen LogP contribution in [0.5, 0.6) is 0 Å². The standard InChI is InChI=1S/C25H35N5OS/c1-18-4-5-19(2)23(16-18)29-10-8-28(9-11-29)20-6-7-22-21(17-20)24(26-27(22)3)25(31)30-12-14-32-15-13-30/h4-5,16,20H,6-15,17H2,1-3H3. The molecule has 172 valence electrons. The van der Waals surface area contributed by atoms with E-state index in [0.29, 0.717) is 11.7 Å². The van der Waals surface area contributed by atoms with Gasteiger partial charge in [0.15, 0.2) is 5.69 Å². The van der Waals surface area contributed by atoms with Gasteiger partial charge in [-0.25, -0.2) is 0 Å². The molecule has 5 rings (SSSR count). The van der Waals surface area contributed by atoms with Crippen molar-refractivity contribution >= 4 is 23.4 Å². The molecule has 2 fully saturated rings. The first-order valence-electron chi connectivity index (χ1n) is 12.0. The van der Waals surface area contributed by atoms with Gasteiger partial charge in [0.05, 0.1) is 0 Å². The van der Waals surface area contributed by atoms with Gasteiger partial charge in [-0.1, -0.05) is 12.1 Å². The first-order chi connectivity index (χ1) is 15.5. The smallest absolute Gasteiger partial charge is 0.274 e. The van der Waals surface area contributed by atoms with Gasteiger partial charge in [-0.05, 0) is 50.3 Å². The van der Waals surface area contributed by atoms with Crippen molar-refractivity contribution in [3.05, 3.63) is 46.3 Å². The Bertz CT molecular complexity index is 988. The van der Waals surface area contributed by atoms with Crippen LogP contribution in [0, 0.1) is 13.8 Å². The zero-order chi connectivity index (χ0) is 22.2. The van der Waals surface area contributed by atoms with E-state index in [-0.39, 0.29) is 5.91 Å². The zero-order valence-corrected chi connectivity index (χ0v) is 20.5. The average Bonchev–Trinajstić information content (AvgIpc) is 3.16. The molecule has 2 aliphatic heterocycles. The van der Waals surface area contributed by atoms with Crippen molar-refractivity contribution in [1.29, 1.82) is 0 Å². The van der Waals surface area contributed by atoms with Crippen LogP contribution in [0.4, 0.5) is 5.69 Å².